The number of hydrogen-bond donors (Lipinski definition) is 1. The van der Waals surface area contributed by atoms with Gasteiger partial charge >= 0.3 is 0 Å². The summed E-state index contributed by atoms with van der Waals surface area (Å²) in [6.07, 6.45) is 3.81. The van der Waals surface area contributed by atoms with Crippen molar-refractivity contribution >= 4 is 22.7 Å². The SMILES string of the molecule is CCCCOc1c(C=NNc2nc(C)cs2)cccc1OC. The molecule has 22 heavy (non-hydrogen) atoms. The molecule has 1 aromatic heterocycles. The van der Waals surface area contributed by atoms with Crippen LogP contribution in [0, 0.1) is 6.92 Å². The number of benzene rings is 1. The number of hydrogen-bond acceptors (Lipinski definition) is 6. The Labute approximate surface area is 135 Å². The Hall–Kier alpha value is -2.08. The number of unbranched alkanes of at least 4 members (excludes halogenated alkanes) is 1. The van der Waals surface area contributed by atoms with Gasteiger partial charge in [0.05, 0.1) is 25.6 Å². The van der Waals surface area contributed by atoms with Gasteiger partial charge in [0.2, 0.25) is 5.13 Å². The van der Waals surface area contributed by atoms with Gasteiger partial charge in [-0.15, -0.1) is 11.3 Å². The molecule has 6 heteroatoms. The fourth-order valence-corrected chi connectivity index (χ4v) is 2.47. The maximum absolute atomic E-state index is 5.85. The zero-order chi connectivity index (χ0) is 15.8. The molecule has 2 rings (SSSR count). The lowest BCUT2D eigenvalue weighted by atomic mass is 10.2. The van der Waals surface area contributed by atoms with Crippen molar-refractivity contribution in [2.45, 2.75) is 26.7 Å². The van der Waals surface area contributed by atoms with E-state index in [4.69, 9.17) is 9.47 Å². The summed E-state index contributed by atoms with van der Waals surface area (Å²) < 4.78 is 11.2. The number of aryl methyl sites for hydroxylation is 1. The molecule has 1 N–H and O–H groups in total. The van der Waals surface area contributed by atoms with Crippen molar-refractivity contribution in [2.24, 2.45) is 5.10 Å². The van der Waals surface area contributed by atoms with E-state index in [0.717, 1.165) is 35.0 Å². The number of thiazole rings is 1. The van der Waals surface area contributed by atoms with E-state index in [0.29, 0.717) is 12.4 Å². The fraction of sp³-hybridized carbons (Fsp3) is 0.375. The van der Waals surface area contributed by atoms with Crippen molar-refractivity contribution in [3.63, 3.8) is 0 Å². The Balaban J connectivity index is 2.10. The molecule has 0 saturated heterocycles. The second-order valence-electron chi connectivity index (χ2n) is 4.74. The third-order valence-electron chi connectivity index (χ3n) is 2.96. The smallest absolute Gasteiger partial charge is 0.203 e. The standard InChI is InChI=1S/C16H21N3O2S/c1-4-5-9-21-15-13(7-6-8-14(15)20-3)10-17-19-16-18-12(2)11-22-16/h6-8,10-11H,4-5,9H2,1-3H3,(H,18,19). The van der Waals surface area contributed by atoms with Crippen LogP contribution in [0.1, 0.15) is 31.0 Å². The van der Waals surface area contributed by atoms with Crippen molar-refractivity contribution in [3.8, 4) is 11.5 Å². The van der Waals surface area contributed by atoms with Crippen LogP contribution in [0.3, 0.4) is 0 Å². The molecule has 1 heterocycles. The molecular weight excluding hydrogens is 298 g/mol. The Morgan fingerprint density at radius 2 is 2.27 bits per heavy atom. The number of methoxy groups -OCH3 is 1. The first kappa shape index (κ1) is 16.3. The third kappa shape index (κ3) is 4.46. The molecule has 0 aliphatic rings. The first-order chi connectivity index (χ1) is 10.7. The van der Waals surface area contributed by atoms with E-state index < -0.39 is 0 Å². The van der Waals surface area contributed by atoms with Crippen LogP contribution in [0.15, 0.2) is 28.7 Å². The van der Waals surface area contributed by atoms with Crippen molar-refractivity contribution in [2.75, 3.05) is 19.1 Å². The quantitative estimate of drug-likeness (QED) is 0.452. The topological polar surface area (TPSA) is 55.7 Å². The summed E-state index contributed by atoms with van der Waals surface area (Å²) in [7, 11) is 1.64. The molecule has 0 bridgehead atoms. The summed E-state index contributed by atoms with van der Waals surface area (Å²) in [5, 5.41) is 6.97. The maximum atomic E-state index is 5.85. The van der Waals surface area contributed by atoms with Gasteiger partial charge in [-0.25, -0.2) is 4.98 Å². The largest absolute Gasteiger partial charge is 0.493 e. The molecular formula is C16H21N3O2S. The highest BCUT2D eigenvalue weighted by Gasteiger charge is 2.09. The number of nitrogens with zero attached hydrogens (tertiary/aromatic N) is 2. The summed E-state index contributed by atoms with van der Waals surface area (Å²) in [5.74, 6) is 1.43. The van der Waals surface area contributed by atoms with Crippen LogP contribution in [0.4, 0.5) is 5.13 Å². The highest BCUT2D eigenvalue weighted by Crippen LogP contribution is 2.30. The molecule has 0 aliphatic carbocycles. The summed E-state index contributed by atoms with van der Waals surface area (Å²) in [6.45, 7) is 4.75. The number of anilines is 1. The van der Waals surface area contributed by atoms with Gasteiger partial charge in [-0.1, -0.05) is 19.4 Å². The number of rotatable bonds is 8. The monoisotopic (exact) mass is 319 g/mol. The average molecular weight is 319 g/mol. The minimum absolute atomic E-state index is 0.664. The molecule has 0 unspecified atom stereocenters. The Morgan fingerprint density at radius 3 is 2.95 bits per heavy atom. The van der Waals surface area contributed by atoms with Crippen LogP contribution in [-0.2, 0) is 0 Å². The van der Waals surface area contributed by atoms with Gasteiger partial charge in [0.25, 0.3) is 0 Å². The first-order valence-electron chi connectivity index (χ1n) is 7.25. The lowest BCUT2D eigenvalue weighted by Crippen LogP contribution is -2.02. The van der Waals surface area contributed by atoms with Crippen molar-refractivity contribution in [1.29, 1.82) is 0 Å². The maximum Gasteiger partial charge on any atom is 0.203 e. The van der Waals surface area contributed by atoms with E-state index >= 15 is 0 Å². The van der Waals surface area contributed by atoms with Gasteiger partial charge in [0.15, 0.2) is 11.5 Å². The number of aromatic nitrogens is 1. The lowest BCUT2D eigenvalue weighted by molar-refractivity contribution is 0.288. The van der Waals surface area contributed by atoms with Crippen LogP contribution >= 0.6 is 11.3 Å². The lowest BCUT2D eigenvalue weighted by Gasteiger charge is -2.12. The highest BCUT2D eigenvalue weighted by atomic mass is 32.1. The van der Waals surface area contributed by atoms with Gasteiger partial charge in [0.1, 0.15) is 0 Å². The minimum Gasteiger partial charge on any atom is -0.493 e. The second kappa shape index (κ2) is 8.38. The van der Waals surface area contributed by atoms with Gasteiger partial charge in [-0.2, -0.15) is 5.10 Å². The predicted molar refractivity (Wildman–Crippen MR) is 91.5 cm³/mol. The molecule has 0 aliphatic heterocycles. The summed E-state index contributed by atoms with van der Waals surface area (Å²) >= 11 is 1.52. The van der Waals surface area contributed by atoms with Gasteiger partial charge in [-0.3, -0.25) is 5.43 Å². The summed E-state index contributed by atoms with van der Waals surface area (Å²) in [5.41, 5.74) is 4.78. The molecule has 0 fully saturated rings. The predicted octanol–water partition coefficient (Wildman–Crippen LogP) is 4.09. The fourth-order valence-electron chi connectivity index (χ4n) is 1.83. The van der Waals surface area contributed by atoms with E-state index in [-0.39, 0.29) is 0 Å². The molecule has 1 aromatic carbocycles. The molecule has 0 saturated carbocycles. The number of para-hydroxylation sites is 1. The molecule has 118 valence electrons. The Bertz CT molecular complexity index is 626. The summed E-state index contributed by atoms with van der Waals surface area (Å²) in [6, 6.07) is 5.75. The number of ether oxygens (including phenoxy) is 2. The van der Waals surface area contributed by atoms with Crippen molar-refractivity contribution < 1.29 is 9.47 Å². The highest BCUT2D eigenvalue weighted by molar-refractivity contribution is 7.13. The number of nitrogens with one attached hydrogen (secondary N) is 1. The average Bonchev–Trinajstić information content (AvgIpc) is 2.94. The Morgan fingerprint density at radius 1 is 1.41 bits per heavy atom. The van der Waals surface area contributed by atoms with Crippen LogP contribution in [0.5, 0.6) is 11.5 Å². The van der Waals surface area contributed by atoms with Crippen LogP contribution < -0.4 is 14.9 Å². The van der Waals surface area contributed by atoms with E-state index in [1.54, 1.807) is 13.3 Å². The van der Waals surface area contributed by atoms with Crippen LogP contribution in [0.2, 0.25) is 0 Å². The molecule has 0 amide bonds. The molecule has 5 nitrogen and oxygen atoms in total. The van der Waals surface area contributed by atoms with E-state index in [1.807, 2.05) is 30.5 Å². The van der Waals surface area contributed by atoms with E-state index in [2.05, 4.69) is 22.4 Å². The van der Waals surface area contributed by atoms with Crippen molar-refractivity contribution in [3.05, 3.63) is 34.8 Å². The molecule has 0 spiro atoms. The molecule has 0 atom stereocenters. The zero-order valence-corrected chi connectivity index (χ0v) is 13.9. The van der Waals surface area contributed by atoms with Crippen LogP contribution in [0.25, 0.3) is 0 Å². The Kier molecular flexibility index (Phi) is 6.21. The molecule has 2 aromatic rings. The van der Waals surface area contributed by atoms with Crippen LogP contribution in [-0.4, -0.2) is 24.9 Å². The van der Waals surface area contributed by atoms with Gasteiger partial charge < -0.3 is 9.47 Å². The third-order valence-corrected chi connectivity index (χ3v) is 3.82. The van der Waals surface area contributed by atoms with E-state index in [9.17, 15) is 0 Å². The van der Waals surface area contributed by atoms with Crippen molar-refractivity contribution in [1.82, 2.24) is 4.98 Å². The zero-order valence-electron chi connectivity index (χ0n) is 13.1. The normalized spacial score (nSPS) is 10.9. The summed E-state index contributed by atoms with van der Waals surface area (Å²) in [4.78, 5) is 4.30. The second-order valence-corrected chi connectivity index (χ2v) is 5.60. The van der Waals surface area contributed by atoms with Gasteiger partial charge in [-0.05, 0) is 25.5 Å². The minimum atomic E-state index is 0.664. The van der Waals surface area contributed by atoms with E-state index in [1.165, 1.54) is 11.3 Å². The van der Waals surface area contributed by atoms with Gasteiger partial charge in [0, 0.05) is 10.9 Å². The number of hydrazone groups is 1. The first-order valence-corrected chi connectivity index (χ1v) is 8.13. The molecule has 0 radical (unpaired) electrons.